The Morgan fingerprint density at radius 3 is 2.56 bits per heavy atom. The summed E-state index contributed by atoms with van der Waals surface area (Å²) in [5.74, 6) is 0. The van der Waals surface area contributed by atoms with Crippen LogP contribution in [0.2, 0.25) is 0 Å². The van der Waals surface area contributed by atoms with E-state index in [0.29, 0.717) is 0 Å². The average molecular weight is 191 g/mol. The summed E-state index contributed by atoms with van der Waals surface area (Å²) in [5, 5.41) is 1.15. The van der Waals surface area contributed by atoms with E-state index in [0.717, 1.165) is 5.33 Å². The number of rotatable bonds is 5. The van der Waals surface area contributed by atoms with Crippen molar-refractivity contribution in [3.05, 3.63) is 12.2 Å². The van der Waals surface area contributed by atoms with E-state index in [4.69, 9.17) is 0 Å². The third-order valence-electron chi connectivity index (χ3n) is 1.16. The first-order valence-corrected chi connectivity index (χ1v) is 4.75. The Morgan fingerprint density at radius 2 is 2.00 bits per heavy atom. The molecule has 9 heavy (non-hydrogen) atoms. The van der Waals surface area contributed by atoms with Crippen LogP contribution in [0.3, 0.4) is 0 Å². The van der Waals surface area contributed by atoms with E-state index in [2.05, 4.69) is 35.0 Å². The molecular weight excluding hydrogens is 176 g/mol. The van der Waals surface area contributed by atoms with Crippen LogP contribution in [0, 0.1) is 0 Å². The summed E-state index contributed by atoms with van der Waals surface area (Å²) in [6.07, 6.45) is 9.54. The molecule has 0 aromatic heterocycles. The maximum atomic E-state index is 3.39. The van der Waals surface area contributed by atoms with E-state index in [1.165, 1.54) is 25.7 Å². The van der Waals surface area contributed by atoms with Crippen molar-refractivity contribution in [2.45, 2.75) is 32.6 Å². The topological polar surface area (TPSA) is 0 Å². The molecule has 0 N–H and O–H groups in total. The lowest BCUT2D eigenvalue weighted by molar-refractivity contribution is 0.824. The highest BCUT2D eigenvalue weighted by Gasteiger charge is 1.80. The monoisotopic (exact) mass is 190 g/mol. The van der Waals surface area contributed by atoms with Gasteiger partial charge in [-0.2, -0.15) is 0 Å². The minimum Gasteiger partial charge on any atom is -0.0928 e. The third-order valence-corrected chi connectivity index (χ3v) is 1.72. The zero-order valence-electron chi connectivity index (χ0n) is 6.07. The summed E-state index contributed by atoms with van der Waals surface area (Å²) in [7, 11) is 0. The molecular formula is C8H15Br. The van der Waals surface area contributed by atoms with Crippen LogP contribution in [0.15, 0.2) is 12.2 Å². The Labute approximate surface area is 66.5 Å². The molecule has 0 amide bonds. The van der Waals surface area contributed by atoms with Gasteiger partial charge in [-0.1, -0.05) is 35.0 Å². The molecule has 54 valence electrons. The van der Waals surface area contributed by atoms with Crippen LogP contribution in [-0.4, -0.2) is 5.33 Å². The number of halogens is 1. The highest BCUT2D eigenvalue weighted by Crippen LogP contribution is 1.99. The van der Waals surface area contributed by atoms with Gasteiger partial charge in [-0.25, -0.2) is 0 Å². The summed E-state index contributed by atoms with van der Waals surface area (Å²) in [6.45, 7) is 2.17. The molecule has 0 nitrogen and oxygen atoms in total. The summed E-state index contributed by atoms with van der Waals surface area (Å²) in [5.41, 5.74) is 0. The van der Waals surface area contributed by atoms with E-state index in [1.807, 2.05) is 0 Å². The summed E-state index contributed by atoms with van der Waals surface area (Å²) in [4.78, 5) is 0. The van der Waals surface area contributed by atoms with Gasteiger partial charge in [0.2, 0.25) is 0 Å². The molecule has 0 aromatic rings. The molecule has 0 saturated carbocycles. The molecule has 0 atom stereocenters. The van der Waals surface area contributed by atoms with Crippen molar-refractivity contribution >= 4 is 15.9 Å². The van der Waals surface area contributed by atoms with Crippen molar-refractivity contribution in [3.8, 4) is 0 Å². The average Bonchev–Trinajstić information content (AvgIpc) is 1.89. The SMILES string of the molecule is CC/C=C\CCCCBr. The number of hydrogen-bond donors (Lipinski definition) is 0. The maximum Gasteiger partial charge on any atom is 0.00314 e. The van der Waals surface area contributed by atoms with Gasteiger partial charge in [0.1, 0.15) is 0 Å². The van der Waals surface area contributed by atoms with E-state index in [1.54, 1.807) is 0 Å². The molecule has 0 aliphatic heterocycles. The van der Waals surface area contributed by atoms with Gasteiger partial charge >= 0.3 is 0 Å². The van der Waals surface area contributed by atoms with Crippen molar-refractivity contribution in [1.82, 2.24) is 0 Å². The lowest BCUT2D eigenvalue weighted by Gasteiger charge is -1.88. The van der Waals surface area contributed by atoms with Crippen LogP contribution in [0.5, 0.6) is 0 Å². The molecule has 0 radical (unpaired) electrons. The predicted octanol–water partition coefficient (Wildman–Crippen LogP) is 3.52. The molecule has 0 heterocycles. The number of hydrogen-bond acceptors (Lipinski definition) is 0. The van der Waals surface area contributed by atoms with Crippen LogP contribution in [0.25, 0.3) is 0 Å². The zero-order chi connectivity index (χ0) is 6.95. The first-order chi connectivity index (χ1) is 4.41. The lowest BCUT2D eigenvalue weighted by atomic mass is 10.2. The number of allylic oxidation sites excluding steroid dienone is 2. The standard InChI is InChI=1S/C8H15Br/c1-2-3-4-5-6-7-8-9/h3-4H,2,5-8H2,1H3/b4-3-. The van der Waals surface area contributed by atoms with Crippen molar-refractivity contribution in [2.24, 2.45) is 0 Å². The fourth-order valence-electron chi connectivity index (χ4n) is 0.641. The normalized spacial score (nSPS) is 10.9. The largest absolute Gasteiger partial charge is 0.0928 e. The molecule has 0 aliphatic rings. The minimum atomic E-state index is 1.15. The van der Waals surface area contributed by atoms with Crippen molar-refractivity contribution in [2.75, 3.05) is 5.33 Å². The second kappa shape index (κ2) is 8.22. The van der Waals surface area contributed by atoms with Gasteiger partial charge in [0.25, 0.3) is 0 Å². The molecule has 0 bridgehead atoms. The molecule has 0 aliphatic carbocycles. The first kappa shape index (κ1) is 9.22. The van der Waals surface area contributed by atoms with Gasteiger partial charge in [0, 0.05) is 5.33 Å². The molecule has 0 spiro atoms. The third kappa shape index (κ3) is 8.22. The second-order valence-corrected chi connectivity index (χ2v) is 2.86. The van der Waals surface area contributed by atoms with Gasteiger partial charge in [0.05, 0.1) is 0 Å². The van der Waals surface area contributed by atoms with Crippen LogP contribution in [-0.2, 0) is 0 Å². The highest BCUT2D eigenvalue weighted by atomic mass is 79.9. The van der Waals surface area contributed by atoms with E-state index in [-0.39, 0.29) is 0 Å². The van der Waals surface area contributed by atoms with Gasteiger partial charge in [0.15, 0.2) is 0 Å². The zero-order valence-corrected chi connectivity index (χ0v) is 7.65. The van der Waals surface area contributed by atoms with Crippen molar-refractivity contribution < 1.29 is 0 Å². The van der Waals surface area contributed by atoms with Crippen LogP contribution in [0.4, 0.5) is 0 Å². The van der Waals surface area contributed by atoms with E-state index in [9.17, 15) is 0 Å². The quantitative estimate of drug-likeness (QED) is 0.354. The number of alkyl halides is 1. The lowest BCUT2D eigenvalue weighted by Crippen LogP contribution is -1.72. The molecule has 0 rings (SSSR count). The summed E-state index contributed by atoms with van der Waals surface area (Å²) < 4.78 is 0. The van der Waals surface area contributed by atoms with Crippen LogP contribution < -0.4 is 0 Å². The summed E-state index contributed by atoms with van der Waals surface area (Å²) >= 11 is 3.39. The molecule has 0 saturated heterocycles. The van der Waals surface area contributed by atoms with Gasteiger partial charge in [-0.3, -0.25) is 0 Å². The van der Waals surface area contributed by atoms with Crippen LogP contribution >= 0.6 is 15.9 Å². The predicted molar refractivity (Wildman–Crippen MR) is 47.1 cm³/mol. The Kier molecular flexibility index (Phi) is 8.42. The van der Waals surface area contributed by atoms with Crippen LogP contribution in [0.1, 0.15) is 32.6 Å². The van der Waals surface area contributed by atoms with Crippen molar-refractivity contribution in [1.29, 1.82) is 0 Å². The Bertz CT molecular complexity index is 67.0. The second-order valence-electron chi connectivity index (χ2n) is 2.06. The maximum absolute atomic E-state index is 3.39. The van der Waals surface area contributed by atoms with E-state index < -0.39 is 0 Å². The minimum absolute atomic E-state index is 1.15. The van der Waals surface area contributed by atoms with Gasteiger partial charge in [-0.15, -0.1) is 0 Å². The molecule has 0 fully saturated rings. The first-order valence-electron chi connectivity index (χ1n) is 3.62. The van der Waals surface area contributed by atoms with E-state index >= 15 is 0 Å². The molecule has 0 aromatic carbocycles. The van der Waals surface area contributed by atoms with Gasteiger partial charge < -0.3 is 0 Å². The Balaban J connectivity index is 2.82. The summed E-state index contributed by atoms with van der Waals surface area (Å²) in [6, 6.07) is 0. The number of unbranched alkanes of at least 4 members (excludes halogenated alkanes) is 2. The molecule has 1 heteroatoms. The highest BCUT2D eigenvalue weighted by molar-refractivity contribution is 9.09. The van der Waals surface area contributed by atoms with Crippen molar-refractivity contribution in [3.63, 3.8) is 0 Å². The fourth-order valence-corrected chi connectivity index (χ4v) is 1.04. The molecule has 0 unspecified atom stereocenters. The Hall–Kier alpha value is 0.220. The fraction of sp³-hybridized carbons (Fsp3) is 0.750. The van der Waals surface area contributed by atoms with Gasteiger partial charge in [-0.05, 0) is 25.7 Å². The smallest absolute Gasteiger partial charge is 0.00314 e. The Morgan fingerprint density at radius 1 is 1.22 bits per heavy atom.